The highest BCUT2D eigenvalue weighted by atomic mass is 35.5. The van der Waals surface area contributed by atoms with Crippen LogP contribution in [0.3, 0.4) is 0 Å². The molecular weight excluding hydrogens is 224 g/mol. The summed E-state index contributed by atoms with van der Waals surface area (Å²) in [5.74, 6) is 0.0578. The van der Waals surface area contributed by atoms with Crippen LogP contribution in [0.1, 0.15) is 33.1 Å². The number of rotatable bonds is 5. The van der Waals surface area contributed by atoms with E-state index >= 15 is 0 Å². The number of alkyl halides is 1. The Morgan fingerprint density at radius 2 is 2.00 bits per heavy atom. The summed E-state index contributed by atoms with van der Waals surface area (Å²) in [7, 11) is -3.40. The maximum absolute atomic E-state index is 11.7. The molecule has 2 unspecified atom stereocenters. The van der Waals surface area contributed by atoms with E-state index in [1.165, 1.54) is 0 Å². The Morgan fingerprint density at radius 1 is 1.50 bits per heavy atom. The number of aliphatic hydroxyl groups is 1. The molecule has 0 aromatic rings. The molecule has 1 aliphatic rings. The van der Waals surface area contributed by atoms with E-state index in [1.54, 1.807) is 13.8 Å². The van der Waals surface area contributed by atoms with Gasteiger partial charge in [0.05, 0.1) is 6.10 Å². The third-order valence-corrected chi connectivity index (χ3v) is 6.41. The number of hydrogen-bond acceptors (Lipinski definition) is 3. The van der Waals surface area contributed by atoms with Crippen LogP contribution in [-0.2, 0) is 9.84 Å². The zero-order valence-electron chi connectivity index (χ0n) is 8.53. The Bertz CT molecular complexity index is 297. The zero-order chi connectivity index (χ0) is 11.0. The average Bonchev–Trinajstić information content (AvgIpc) is 2.98. The lowest BCUT2D eigenvalue weighted by atomic mass is 10.1. The van der Waals surface area contributed by atoms with Crippen molar-refractivity contribution in [1.82, 2.24) is 0 Å². The fourth-order valence-electron chi connectivity index (χ4n) is 1.62. The van der Waals surface area contributed by atoms with Crippen molar-refractivity contribution < 1.29 is 13.5 Å². The van der Waals surface area contributed by atoms with E-state index in [-0.39, 0.29) is 18.1 Å². The summed E-state index contributed by atoms with van der Waals surface area (Å²) in [6.07, 6.45) is 1.10. The highest BCUT2D eigenvalue weighted by molar-refractivity contribution is 7.94. The van der Waals surface area contributed by atoms with Crippen LogP contribution in [0.5, 0.6) is 0 Å². The first-order valence-corrected chi connectivity index (χ1v) is 7.01. The molecule has 1 rings (SSSR count). The van der Waals surface area contributed by atoms with Crippen LogP contribution in [0.25, 0.3) is 0 Å². The normalized spacial score (nSPS) is 24.3. The largest absolute Gasteiger partial charge is 0.390 e. The van der Waals surface area contributed by atoms with Gasteiger partial charge >= 0.3 is 0 Å². The molecule has 0 spiro atoms. The monoisotopic (exact) mass is 240 g/mol. The van der Waals surface area contributed by atoms with Crippen molar-refractivity contribution in [2.45, 2.75) is 43.4 Å². The molecule has 0 aliphatic heterocycles. The van der Waals surface area contributed by atoms with Crippen LogP contribution in [0.4, 0.5) is 0 Å². The van der Waals surface area contributed by atoms with Gasteiger partial charge in [-0.05, 0) is 25.2 Å². The van der Waals surface area contributed by atoms with Crippen molar-refractivity contribution in [3.63, 3.8) is 0 Å². The first-order chi connectivity index (χ1) is 6.39. The fourth-order valence-corrected chi connectivity index (χ4v) is 3.60. The number of hydrogen-bond donors (Lipinski definition) is 1. The summed E-state index contributed by atoms with van der Waals surface area (Å²) in [6, 6.07) is 0. The Kier molecular flexibility index (Phi) is 3.49. The van der Waals surface area contributed by atoms with E-state index in [4.69, 9.17) is 11.6 Å². The van der Waals surface area contributed by atoms with Gasteiger partial charge in [-0.2, -0.15) is 0 Å². The molecule has 84 valence electrons. The van der Waals surface area contributed by atoms with Crippen LogP contribution >= 0.6 is 11.6 Å². The van der Waals surface area contributed by atoms with Gasteiger partial charge in [0.1, 0.15) is 0 Å². The Hall–Kier alpha value is 0.200. The molecule has 0 heterocycles. The van der Waals surface area contributed by atoms with E-state index in [9.17, 15) is 13.5 Å². The van der Waals surface area contributed by atoms with Gasteiger partial charge in [0.25, 0.3) is 0 Å². The molecule has 1 saturated carbocycles. The van der Waals surface area contributed by atoms with Gasteiger partial charge in [-0.25, -0.2) is 8.42 Å². The first-order valence-electron chi connectivity index (χ1n) is 4.98. The quantitative estimate of drug-likeness (QED) is 0.742. The minimum atomic E-state index is -3.40. The summed E-state index contributed by atoms with van der Waals surface area (Å²) in [6.45, 7) is 3.26. The molecule has 0 amide bonds. The van der Waals surface area contributed by atoms with Gasteiger partial charge in [0.15, 0.2) is 14.0 Å². The van der Waals surface area contributed by atoms with Crippen LogP contribution in [0.15, 0.2) is 0 Å². The van der Waals surface area contributed by atoms with Crippen molar-refractivity contribution in [2.75, 3.05) is 5.75 Å². The lowest BCUT2D eigenvalue weighted by Crippen LogP contribution is -2.45. The minimum Gasteiger partial charge on any atom is -0.390 e. The van der Waals surface area contributed by atoms with Gasteiger partial charge in [0.2, 0.25) is 0 Å². The molecule has 2 atom stereocenters. The van der Waals surface area contributed by atoms with Gasteiger partial charge in [-0.15, -0.1) is 0 Å². The van der Waals surface area contributed by atoms with E-state index in [1.807, 2.05) is 0 Å². The van der Waals surface area contributed by atoms with Crippen molar-refractivity contribution in [1.29, 1.82) is 0 Å². The molecule has 0 saturated heterocycles. The van der Waals surface area contributed by atoms with Crippen LogP contribution in [0.2, 0.25) is 0 Å². The van der Waals surface area contributed by atoms with E-state index < -0.39 is 20.1 Å². The molecule has 0 aromatic carbocycles. The summed E-state index contributed by atoms with van der Waals surface area (Å²) in [5.41, 5.74) is 0. The van der Waals surface area contributed by atoms with E-state index in [0.29, 0.717) is 0 Å². The van der Waals surface area contributed by atoms with Crippen molar-refractivity contribution in [3.05, 3.63) is 0 Å². The standard InChI is InChI=1S/C9H17ClO3S/c1-3-9(10,14(12,13)4-2)8(11)7-5-6-7/h7-8,11H,3-6H2,1-2H3. The van der Waals surface area contributed by atoms with Crippen molar-refractivity contribution in [2.24, 2.45) is 5.92 Å². The summed E-state index contributed by atoms with van der Waals surface area (Å²) in [4.78, 5) is 0. The topological polar surface area (TPSA) is 54.4 Å². The van der Waals surface area contributed by atoms with Gasteiger partial charge in [-0.3, -0.25) is 0 Å². The molecule has 1 N–H and O–H groups in total. The third-order valence-electron chi connectivity index (χ3n) is 2.89. The maximum Gasteiger partial charge on any atom is 0.172 e. The lowest BCUT2D eigenvalue weighted by Gasteiger charge is -2.30. The highest BCUT2D eigenvalue weighted by Gasteiger charge is 2.51. The molecule has 0 bridgehead atoms. The van der Waals surface area contributed by atoms with Gasteiger partial charge in [0, 0.05) is 5.75 Å². The minimum absolute atomic E-state index is 0.0197. The van der Waals surface area contributed by atoms with Gasteiger partial charge < -0.3 is 5.11 Å². The maximum atomic E-state index is 11.7. The van der Waals surface area contributed by atoms with E-state index in [2.05, 4.69) is 0 Å². The Morgan fingerprint density at radius 3 is 2.29 bits per heavy atom. The van der Waals surface area contributed by atoms with Crippen LogP contribution in [0, 0.1) is 5.92 Å². The summed E-state index contributed by atoms with van der Waals surface area (Å²) in [5, 5.41) is 9.86. The van der Waals surface area contributed by atoms with Crippen LogP contribution < -0.4 is 0 Å². The Labute approximate surface area is 90.4 Å². The predicted molar refractivity (Wildman–Crippen MR) is 57.1 cm³/mol. The second kappa shape index (κ2) is 3.99. The van der Waals surface area contributed by atoms with Crippen molar-refractivity contribution >= 4 is 21.4 Å². The average molecular weight is 241 g/mol. The molecule has 5 heteroatoms. The number of halogens is 1. The number of sulfone groups is 1. The second-order valence-corrected chi connectivity index (χ2v) is 7.26. The third kappa shape index (κ3) is 1.92. The fraction of sp³-hybridized carbons (Fsp3) is 1.00. The SMILES string of the molecule is CCC(Cl)(C(O)C1CC1)S(=O)(=O)CC. The van der Waals surface area contributed by atoms with Gasteiger partial charge in [-0.1, -0.05) is 25.4 Å². The molecule has 14 heavy (non-hydrogen) atoms. The molecule has 3 nitrogen and oxygen atoms in total. The molecule has 1 aliphatic carbocycles. The Balaban J connectivity index is 2.95. The summed E-state index contributed by atoms with van der Waals surface area (Å²) < 4.78 is 22.0. The molecule has 1 fully saturated rings. The second-order valence-electron chi connectivity index (χ2n) is 3.83. The molecule has 0 aromatic heterocycles. The molecule has 0 radical (unpaired) electrons. The molecular formula is C9H17ClO3S. The summed E-state index contributed by atoms with van der Waals surface area (Å²) >= 11 is 6.06. The first kappa shape index (κ1) is 12.3. The smallest absolute Gasteiger partial charge is 0.172 e. The van der Waals surface area contributed by atoms with Crippen molar-refractivity contribution in [3.8, 4) is 0 Å². The highest BCUT2D eigenvalue weighted by Crippen LogP contribution is 2.44. The lowest BCUT2D eigenvalue weighted by molar-refractivity contribution is 0.130. The predicted octanol–water partition coefficient (Wildman–Crippen LogP) is 1.54. The zero-order valence-corrected chi connectivity index (χ0v) is 10.1. The van der Waals surface area contributed by atoms with E-state index in [0.717, 1.165) is 12.8 Å². The number of aliphatic hydroxyl groups excluding tert-OH is 1. The van der Waals surface area contributed by atoms with Crippen LogP contribution in [-0.4, -0.2) is 29.6 Å².